The van der Waals surface area contributed by atoms with E-state index in [1.54, 1.807) is 11.3 Å². The highest BCUT2D eigenvalue weighted by molar-refractivity contribution is 7.26. The first-order valence-electron chi connectivity index (χ1n) is 23.3. The van der Waals surface area contributed by atoms with Crippen LogP contribution in [-0.2, 0) is 0 Å². The molecule has 0 fully saturated rings. The summed E-state index contributed by atoms with van der Waals surface area (Å²) in [6.45, 7) is 0. The lowest BCUT2D eigenvalue weighted by molar-refractivity contribution is 0.954. The molecule has 0 saturated carbocycles. The molecule has 0 amide bonds. The van der Waals surface area contributed by atoms with Crippen molar-refractivity contribution in [3.05, 3.63) is 212 Å². The van der Waals surface area contributed by atoms with Crippen molar-refractivity contribution in [2.75, 3.05) is 0 Å². The predicted molar refractivity (Wildman–Crippen MR) is 263 cm³/mol. The fourth-order valence-corrected chi connectivity index (χ4v) is 10.6. The number of fused-ring (bicyclic) bond motifs is 9. The lowest BCUT2D eigenvalue weighted by Crippen LogP contribution is -2.06. The second-order valence-corrected chi connectivity index (χ2v) is 16.6. The second kappa shape index (κ2) is 14.2. The van der Waals surface area contributed by atoms with E-state index in [2.05, 4.69) is 144 Å². The summed E-state index contributed by atoms with van der Waals surface area (Å²) >= 11 is 1.67. The summed E-state index contributed by atoms with van der Waals surface area (Å²) in [7, 11) is 0. The van der Waals surface area contributed by atoms with E-state index in [0.29, 0.717) is 11.4 Å². The number of hydrogen-bond donors (Lipinski definition) is 0. The van der Waals surface area contributed by atoms with Gasteiger partial charge in [0, 0.05) is 58.5 Å². The van der Waals surface area contributed by atoms with Gasteiger partial charge < -0.3 is 4.57 Å². The highest BCUT2D eigenvalue weighted by atomic mass is 32.1. The third-order valence-corrected chi connectivity index (χ3v) is 13.4. The zero-order chi connectivity index (χ0) is 45.8. The van der Waals surface area contributed by atoms with Gasteiger partial charge in [0.05, 0.1) is 28.9 Å². The SMILES string of the molecule is [2H]c1c([2H])c([2H])c(-c2nc(-c3cc(-n4c5ccccc5c5ccccc54)cc4c3sc3c(-c5cccc(-c6ccccc6)c5)cccc34)nc(-n3c4ccccc4c4ccccc43)n2)c([2H])c1[2H]. The molecule has 0 unspecified atom stereocenters. The van der Waals surface area contributed by atoms with Crippen LogP contribution in [0.3, 0.4) is 0 Å². The van der Waals surface area contributed by atoms with Crippen molar-refractivity contribution in [3.63, 3.8) is 0 Å². The van der Waals surface area contributed by atoms with Gasteiger partial charge in [-0.25, -0.2) is 4.98 Å². The van der Waals surface area contributed by atoms with Gasteiger partial charge in [-0.2, -0.15) is 9.97 Å². The Morgan fingerprint density at radius 1 is 0.365 bits per heavy atom. The average molecular weight is 827 g/mol. The van der Waals surface area contributed by atoms with Crippen LogP contribution in [0.2, 0.25) is 0 Å². The van der Waals surface area contributed by atoms with Crippen molar-refractivity contribution in [2.45, 2.75) is 0 Å². The van der Waals surface area contributed by atoms with Crippen molar-refractivity contribution in [1.82, 2.24) is 24.1 Å². The van der Waals surface area contributed by atoms with Crippen LogP contribution >= 0.6 is 11.3 Å². The minimum atomic E-state index is -0.489. The second-order valence-electron chi connectivity index (χ2n) is 15.6. The fraction of sp³-hybridized carbons (Fsp3) is 0. The minimum absolute atomic E-state index is 0.0289. The number of benzene rings is 9. The molecule has 0 aliphatic carbocycles. The first-order chi connectivity index (χ1) is 33.3. The van der Waals surface area contributed by atoms with Crippen molar-refractivity contribution in [3.8, 4) is 56.7 Å². The average Bonchev–Trinajstić information content (AvgIpc) is 4.05. The summed E-state index contributed by atoms with van der Waals surface area (Å²) in [6.07, 6.45) is 0. The molecule has 0 atom stereocenters. The Morgan fingerprint density at radius 2 is 0.889 bits per heavy atom. The van der Waals surface area contributed by atoms with Gasteiger partial charge in [-0.05, 0) is 64.7 Å². The normalized spacial score (nSPS) is 12.9. The highest BCUT2D eigenvalue weighted by Gasteiger charge is 2.23. The molecule has 5 nitrogen and oxygen atoms in total. The predicted octanol–water partition coefficient (Wildman–Crippen LogP) is 15.1. The molecule has 0 bridgehead atoms. The van der Waals surface area contributed by atoms with Gasteiger partial charge in [-0.15, -0.1) is 11.3 Å². The third kappa shape index (κ3) is 5.66. The van der Waals surface area contributed by atoms with E-state index in [1.165, 1.54) is 0 Å². The maximum atomic E-state index is 9.14. The zero-order valence-electron chi connectivity index (χ0n) is 38.5. The molecule has 13 rings (SSSR count). The first kappa shape index (κ1) is 30.8. The van der Waals surface area contributed by atoms with Gasteiger partial charge in [0.25, 0.3) is 0 Å². The molecule has 9 aromatic carbocycles. The van der Waals surface area contributed by atoms with E-state index in [4.69, 9.17) is 21.8 Å². The van der Waals surface area contributed by atoms with Gasteiger partial charge >= 0.3 is 0 Å². The molecule has 4 heterocycles. The van der Waals surface area contributed by atoms with E-state index in [-0.39, 0.29) is 17.3 Å². The Hall–Kier alpha value is -8.19. The number of nitrogens with zero attached hydrogens (tertiary/aromatic N) is 5. The maximum absolute atomic E-state index is 9.14. The molecular formula is C57H35N5S. The molecule has 0 spiro atoms. The Bertz CT molecular complexity index is 4100. The Labute approximate surface area is 373 Å². The largest absolute Gasteiger partial charge is 0.309 e. The molecule has 6 heteroatoms. The Balaban J connectivity index is 1.16. The zero-order valence-corrected chi connectivity index (χ0v) is 34.3. The molecule has 0 N–H and O–H groups in total. The van der Waals surface area contributed by atoms with Crippen LogP contribution in [0.25, 0.3) is 120 Å². The van der Waals surface area contributed by atoms with Crippen LogP contribution in [0.1, 0.15) is 6.85 Å². The molecule has 294 valence electrons. The van der Waals surface area contributed by atoms with Crippen LogP contribution in [0.5, 0.6) is 0 Å². The molecule has 63 heavy (non-hydrogen) atoms. The topological polar surface area (TPSA) is 48.5 Å². The summed E-state index contributed by atoms with van der Waals surface area (Å²) in [4.78, 5) is 15.6. The number of para-hydroxylation sites is 4. The minimum Gasteiger partial charge on any atom is -0.309 e. The van der Waals surface area contributed by atoms with E-state index < -0.39 is 30.2 Å². The number of rotatable bonds is 6. The van der Waals surface area contributed by atoms with Crippen LogP contribution < -0.4 is 0 Å². The van der Waals surface area contributed by atoms with E-state index in [9.17, 15) is 0 Å². The third-order valence-electron chi connectivity index (χ3n) is 12.1. The van der Waals surface area contributed by atoms with Crippen LogP contribution in [0.4, 0.5) is 0 Å². The summed E-state index contributed by atoms with van der Waals surface area (Å²) in [5.74, 6) is 0.522. The standard InChI is InChI=1S/C57H35N5S/c1-3-17-36(18-4-1)38-21-15-22-39(33-38)41-27-16-28-46-47-34-40(61-49-29-11-7-23-42(49)43-24-8-12-30-50(43)61)35-48(54(47)63-53(41)46)56-58-55(37-19-5-2-6-20-37)59-57(60-56)62-51-31-13-9-25-44(51)45-26-10-14-32-52(45)62/h1-35H/i2D,5D,6D,19D,20D. The number of aromatic nitrogens is 5. The van der Waals surface area contributed by atoms with Gasteiger partial charge in [0.2, 0.25) is 5.95 Å². The number of thiophene rings is 1. The van der Waals surface area contributed by atoms with Crippen molar-refractivity contribution < 1.29 is 6.85 Å². The Kier molecular flexibility index (Phi) is 6.94. The molecule has 4 aromatic heterocycles. The number of hydrogen-bond acceptors (Lipinski definition) is 4. The molecular weight excluding hydrogens is 787 g/mol. The summed E-state index contributed by atoms with van der Waals surface area (Å²) in [5.41, 5.74) is 9.73. The molecule has 0 radical (unpaired) electrons. The van der Waals surface area contributed by atoms with Crippen LogP contribution in [-0.4, -0.2) is 24.1 Å². The molecule has 0 aliphatic heterocycles. The first-order valence-corrected chi connectivity index (χ1v) is 21.6. The van der Waals surface area contributed by atoms with Crippen molar-refractivity contribution >= 4 is 75.1 Å². The summed E-state index contributed by atoms with van der Waals surface area (Å²) in [5, 5.41) is 6.32. The van der Waals surface area contributed by atoms with E-state index >= 15 is 0 Å². The fourth-order valence-electron chi connectivity index (χ4n) is 9.30. The summed E-state index contributed by atoms with van der Waals surface area (Å²) < 4.78 is 50.4. The lowest BCUT2D eigenvalue weighted by atomic mass is 9.97. The van der Waals surface area contributed by atoms with Gasteiger partial charge in [0.15, 0.2) is 11.6 Å². The summed E-state index contributed by atoms with van der Waals surface area (Å²) in [6, 6.07) is 60.6. The smallest absolute Gasteiger partial charge is 0.238 e. The van der Waals surface area contributed by atoms with Gasteiger partial charge in [-0.1, -0.05) is 170 Å². The van der Waals surface area contributed by atoms with Gasteiger partial charge in [-0.3, -0.25) is 4.57 Å². The molecule has 0 aliphatic rings. The quantitative estimate of drug-likeness (QED) is 0.168. The van der Waals surface area contributed by atoms with Crippen LogP contribution in [0.15, 0.2) is 212 Å². The van der Waals surface area contributed by atoms with E-state index in [0.717, 1.165) is 91.7 Å². The molecule has 0 saturated heterocycles. The van der Waals surface area contributed by atoms with Gasteiger partial charge in [0.1, 0.15) is 0 Å². The molecule has 13 aromatic rings. The maximum Gasteiger partial charge on any atom is 0.238 e. The lowest BCUT2D eigenvalue weighted by Gasteiger charge is -2.14. The Morgan fingerprint density at radius 3 is 1.56 bits per heavy atom. The monoisotopic (exact) mass is 826 g/mol. The highest BCUT2D eigenvalue weighted by Crippen LogP contribution is 2.46. The van der Waals surface area contributed by atoms with Crippen LogP contribution in [0, 0.1) is 0 Å². The van der Waals surface area contributed by atoms with Crippen molar-refractivity contribution in [1.29, 1.82) is 0 Å². The van der Waals surface area contributed by atoms with Crippen molar-refractivity contribution in [2.24, 2.45) is 0 Å². The van der Waals surface area contributed by atoms with E-state index in [1.807, 2.05) is 47.0 Å².